The number of benzene rings is 2. The standard InChI is InChI=1S/C21H22FNO3/c1-3-16-11-17(13-26-25-4-2)21(24)20-19(16)10-15(12-23-20)9-14-5-7-18(22)8-6-14/h5-8,10-12,24H,3-4,9,13H2,1-2H3. The van der Waals surface area contributed by atoms with Crippen LogP contribution in [-0.2, 0) is 29.2 Å². The van der Waals surface area contributed by atoms with Crippen LogP contribution in [-0.4, -0.2) is 16.7 Å². The minimum atomic E-state index is -0.245. The van der Waals surface area contributed by atoms with Gasteiger partial charge in [0.25, 0.3) is 0 Å². The predicted molar refractivity (Wildman–Crippen MR) is 98.4 cm³/mol. The minimum Gasteiger partial charge on any atom is -0.505 e. The highest BCUT2D eigenvalue weighted by atomic mass is 19.1. The molecule has 0 bridgehead atoms. The van der Waals surface area contributed by atoms with Crippen molar-refractivity contribution in [3.8, 4) is 5.75 Å². The van der Waals surface area contributed by atoms with Gasteiger partial charge in [-0.1, -0.05) is 19.1 Å². The van der Waals surface area contributed by atoms with Gasteiger partial charge >= 0.3 is 0 Å². The summed E-state index contributed by atoms with van der Waals surface area (Å²) in [5, 5.41) is 11.5. The fourth-order valence-corrected chi connectivity index (χ4v) is 2.98. The Kier molecular flexibility index (Phi) is 5.81. The summed E-state index contributed by atoms with van der Waals surface area (Å²) in [7, 11) is 0. The zero-order valence-electron chi connectivity index (χ0n) is 15.0. The molecule has 26 heavy (non-hydrogen) atoms. The van der Waals surface area contributed by atoms with E-state index in [0.29, 0.717) is 24.1 Å². The molecule has 5 heteroatoms. The molecule has 0 spiro atoms. The molecule has 2 aromatic carbocycles. The van der Waals surface area contributed by atoms with Gasteiger partial charge in [-0.15, -0.1) is 0 Å². The van der Waals surface area contributed by atoms with E-state index in [1.165, 1.54) is 12.1 Å². The summed E-state index contributed by atoms with van der Waals surface area (Å²) in [6, 6.07) is 10.4. The summed E-state index contributed by atoms with van der Waals surface area (Å²) in [5.41, 5.74) is 4.32. The van der Waals surface area contributed by atoms with Crippen molar-refractivity contribution in [3.63, 3.8) is 0 Å². The average Bonchev–Trinajstić information content (AvgIpc) is 2.65. The molecule has 0 fully saturated rings. The maximum Gasteiger partial charge on any atom is 0.147 e. The molecule has 3 rings (SSSR count). The second kappa shape index (κ2) is 8.25. The molecule has 136 valence electrons. The first-order chi connectivity index (χ1) is 12.6. The first-order valence-corrected chi connectivity index (χ1v) is 8.73. The molecule has 1 aromatic heterocycles. The largest absolute Gasteiger partial charge is 0.505 e. The minimum absolute atomic E-state index is 0.116. The van der Waals surface area contributed by atoms with Gasteiger partial charge in [-0.3, -0.25) is 4.98 Å². The first kappa shape index (κ1) is 18.3. The van der Waals surface area contributed by atoms with Crippen LogP contribution in [0.3, 0.4) is 0 Å². The van der Waals surface area contributed by atoms with Crippen LogP contribution in [0.15, 0.2) is 42.6 Å². The summed E-state index contributed by atoms with van der Waals surface area (Å²) in [6.45, 7) is 4.51. The Balaban J connectivity index is 1.95. The number of hydrogen-bond donors (Lipinski definition) is 1. The molecule has 0 radical (unpaired) electrons. The smallest absolute Gasteiger partial charge is 0.147 e. The number of hydrogen-bond acceptors (Lipinski definition) is 4. The summed E-state index contributed by atoms with van der Waals surface area (Å²) in [6.07, 6.45) is 3.21. The fourth-order valence-electron chi connectivity index (χ4n) is 2.98. The van der Waals surface area contributed by atoms with Crippen molar-refractivity contribution in [2.75, 3.05) is 6.61 Å². The second-order valence-electron chi connectivity index (χ2n) is 6.11. The Bertz CT molecular complexity index is 894. The molecule has 0 aliphatic carbocycles. The number of nitrogens with zero attached hydrogens (tertiary/aromatic N) is 1. The number of phenols is 1. The van der Waals surface area contributed by atoms with E-state index in [1.807, 2.05) is 19.1 Å². The van der Waals surface area contributed by atoms with E-state index >= 15 is 0 Å². The van der Waals surface area contributed by atoms with Gasteiger partial charge < -0.3 is 5.11 Å². The molecule has 4 nitrogen and oxygen atoms in total. The average molecular weight is 355 g/mol. The van der Waals surface area contributed by atoms with E-state index in [4.69, 9.17) is 9.78 Å². The van der Waals surface area contributed by atoms with Crippen LogP contribution in [0.4, 0.5) is 4.39 Å². The number of fused-ring (bicyclic) bond motifs is 1. The lowest BCUT2D eigenvalue weighted by atomic mass is 9.98. The normalized spacial score (nSPS) is 11.2. The summed E-state index contributed by atoms with van der Waals surface area (Å²) in [5.74, 6) is -0.129. The lowest BCUT2D eigenvalue weighted by Crippen LogP contribution is -1.99. The highest BCUT2D eigenvalue weighted by Crippen LogP contribution is 2.32. The molecule has 0 aliphatic heterocycles. The molecule has 1 N–H and O–H groups in total. The number of aromatic hydroxyl groups is 1. The van der Waals surface area contributed by atoms with Gasteiger partial charge in [0.05, 0.1) is 6.61 Å². The predicted octanol–water partition coefficient (Wildman–Crippen LogP) is 4.70. The van der Waals surface area contributed by atoms with Crippen LogP contribution in [0.1, 0.15) is 36.1 Å². The van der Waals surface area contributed by atoms with Gasteiger partial charge in [0, 0.05) is 17.1 Å². The van der Waals surface area contributed by atoms with Gasteiger partial charge in [-0.25, -0.2) is 14.2 Å². The molecule has 0 unspecified atom stereocenters. The van der Waals surface area contributed by atoms with Crippen molar-refractivity contribution in [2.45, 2.75) is 33.3 Å². The molecular weight excluding hydrogens is 333 g/mol. The van der Waals surface area contributed by atoms with Crippen molar-refractivity contribution in [2.24, 2.45) is 0 Å². The first-order valence-electron chi connectivity index (χ1n) is 8.73. The van der Waals surface area contributed by atoms with Crippen molar-refractivity contribution in [1.29, 1.82) is 0 Å². The van der Waals surface area contributed by atoms with Crippen LogP contribution >= 0.6 is 0 Å². The number of rotatable bonds is 7. The van der Waals surface area contributed by atoms with Gasteiger partial charge in [-0.2, -0.15) is 0 Å². The van der Waals surface area contributed by atoms with E-state index in [2.05, 4.69) is 11.9 Å². The highest BCUT2D eigenvalue weighted by molar-refractivity contribution is 5.89. The Labute approximate surface area is 152 Å². The summed E-state index contributed by atoms with van der Waals surface area (Å²) in [4.78, 5) is 14.5. The van der Waals surface area contributed by atoms with Gasteiger partial charge in [0.15, 0.2) is 0 Å². The topological polar surface area (TPSA) is 51.6 Å². The van der Waals surface area contributed by atoms with Crippen LogP contribution < -0.4 is 0 Å². The number of halogens is 1. The van der Waals surface area contributed by atoms with Crippen LogP contribution in [0, 0.1) is 5.82 Å². The molecule has 0 atom stereocenters. The molecule has 0 aliphatic rings. The third kappa shape index (κ3) is 4.00. The molecule has 3 aromatic rings. The van der Waals surface area contributed by atoms with E-state index < -0.39 is 0 Å². The highest BCUT2D eigenvalue weighted by Gasteiger charge is 2.13. The van der Waals surface area contributed by atoms with Crippen LogP contribution in [0.2, 0.25) is 0 Å². The zero-order chi connectivity index (χ0) is 18.5. The molecule has 0 saturated heterocycles. The number of aryl methyl sites for hydroxylation is 1. The van der Waals surface area contributed by atoms with E-state index in [1.54, 1.807) is 18.3 Å². The fraction of sp³-hybridized carbons (Fsp3) is 0.286. The van der Waals surface area contributed by atoms with Crippen molar-refractivity contribution in [1.82, 2.24) is 4.98 Å². The third-order valence-electron chi connectivity index (χ3n) is 4.29. The van der Waals surface area contributed by atoms with E-state index in [-0.39, 0.29) is 18.2 Å². The number of pyridine rings is 1. The lowest BCUT2D eigenvalue weighted by molar-refractivity contribution is -0.300. The second-order valence-corrected chi connectivity index (χ2v) is 6.11. The maximum absolute atomic E-state index is 13.1. The maximum atomic E-state index is 13.1. The van der Waals surface area contributed by atoms with E-state index in [0.717, 1.165) is 28.5 Å². The third-order valence-corrected chi connectivity index (χ3v) is 4.29. The van der Waals surface area contributed by atoms with Gasteiger partial charge in [-0.05, 0) is 60.7 Å². The quantitative estimate of drug-likeness (QED) is 0.379. The van der Waals surface area contributed by atoms with Crippen molar-refractivity contribution >= 4 is 10.9 Å². The Morgan fingerprint density at radius 2 is 1.77 bits per heavy atom. The number of aromatic nitrogens is 1. The summed E-state index contributed by atoms with van der Waals surface area (Å²) >= 11 is 0. The SMILES string of the molecule is CCOOCc1cc(CC)c2cc(Cc3ccc(F)cc3)cnc2c1O. The Morgan fingerprint density at radius 3 is 2.46 bits per heavy atom. The Morgan fingerprint density at radius 1 is 1.00 bits per heavy atom. The molecule has 0 saturated carbocycles. The summed E-state index contributed by atoms with van der Waals surface area (Å²) < 4.78 is 13.1. The van der Waals surface area contributed by atoms with Gasteiger partial charge in [0.2, 0.25) is 0 Å². The Hall–Kier alpha value is -2.50. The zero-order valence-corrected chi connectivity index (χ0v) is 15.0. The molecular formula is C21H22FNO3. The van der Waals surface area contributed by atoms with Crippen molar-refractivity contribution < 1.29 is 19.3 Å². The van der Waals surface area contributed by atoms with Crippen LogP contribution in [0.5, 0.6) is 5.75 Å². The molecule has 0 amide bonds. The van der Waals surface area contributed by atoms with E-state index in [9.17, 15) is 9.50 Å². The monoisotopic (exact) mass is 355 g/mol. The molecule has 1 heterocycles. The van der Waals surface area contributed by atoms with Crippen molar-refractivity contribution in [3.05, 3.63) is 70.7 Å². The van der Waals surface area contributed by atoms with Gasteiger partial charge in [0.1, 0.15) is 23.7 Å². The number of phenolic OH excluding ortho intramolecular Hbond substituents is 1. The lowest BCUT2D eigenvalue weighted by Gasteiger charge is -2.13. The van der Waals surface area contributed by atoms with Crippen LogP contribution in [0.25, 0.3) is 10.9 Å².